The summed E-state index contributed by atoms with van der Waals surface area (Å²) in [5.74, 6) is -0.271. The lowest BCUT2D eigenvalue weighted by atomic mass is 10.2. The number of hydrogen-bond donors (Lipinski definition) is 0. The first-order valence-electron chi connectivity index (χ1n) is 3.50. The van der Waals surface area contributed by atoms with Gasteiger partial charge in [-0.1, -0.05) is 0 Å². The summed E-state index contributed by atoms with van der Waals surface area (Å²) >= 11 is 6.61. The molecule has 70 valence electrons. The van der Waals surface area contributed by atoms with Gasteiger partial charge < -0.3 is 4.74 Å². The summed E-state index contributed by atoms with van der Waals surface area (Å²) in [4.78, 5) is 14.9. The minimum atomic E-state index is -0.271. The van der Waals surface area contributed by atoms with E-state index in [9.17, 15) is 4.79 Å². The van der Waals surface area contributed by atoms with Crippen molar-refractivity contribution in [3.63, 3.8) is 0 Å². The summed E-state index contributed by atoms with van der Waals surface area (Å²) in [6, 6.07) is 0. The third-order valence-corrected chi connectivity index (χ3v) is 2.87. The molecule has 0 saturated heterocycles. The summed E-state index contributed by atoms with van der Waals surface area (Å²) in [6.07, 6.45) is 3.52. The van der Waals surface area contributed by atoms with Gasteiger partial charge in [-0.25, -0.2) is 0 Å². The Bertz CT molecular complexity index is 308. The van der Waals surface area contributed by atoms with Gasteiger partial charge in [0.25, 0.3) is 0 Å². The van der Waals surface area contributed by atoms with E-state index in [-0.39, 0.29) is 12.4 Å². The van der Waals surface area contributed by atoms with Crippen molar-refractivity contribution >= 4 is 37.8 Å². The largest absolute Gasteiger partial charge is 0.469 e. The number of halogens is 2. The van der Waals surface area contributed by atoms with Gasteiger partial charge in [0, 0.05) is 21.3 Å². The molecule has 0 atom stereocenters. The zero-order valence-corrected chi connectivity index (χ0v) is 10.1. The normalized spacial score (nSPS) is 9.77. The summed E-state index contributed by atoms with van der Waals surface area (Å²) < 4.78 is 6.16. The van der Waals surface area contributed by atoms with Gasteiger partial charge in [-0.05, 0) is 37.4 Å². The van der Waals surface area contributed by atoms with Crippen LogP contribution in [0.3, 0.4) is 0 Å². The average molecular weight is 309 g/mol. The van der Waals surface area contributed by atoms with Crippen LogP contribution in [0.4, 0.5) is 0 Å². The molecule has 3 nitrogen and oxygen atoms in total. The second kappa shape index (κ2) is 4.72. The van der Waals surface area contributed by atoms with Crippen molar-refractivity contribution < 1.29 is 9.53 Å². The van der Waals surface area contributed by atoms with Crippen LogP contribution in [0.1, 0.15) is 5.56 Å². The lowest BCUT2D eigenvalue weighted by Crippen LogP contribution is -2.05. The number of nitrogens with zero attached hydrogens (tertiary/aromatic N) is 1. The fraction of sp³-hybridized carbons (Fsp3) is 0.250. The van der Waals surface area contributed by atoms with Gasteiger partial charge in [0.15, 0.2) is 0 Å². The molecule has 0 spiro atoms. The van der Waals surface area contributed by atoms with Gasteiger partial charge in [0.05, 0.1) is 13.5 Å². The molecule has 0 amide bonds. The van der Waals surface area contributed by atoms with Crippen molar-refractivity contribution in [1.82, 2.24) is 4.98 Å². The van der Waals surface area contributed by atoms with Crippen LogP contribution in [-0.2, 0) is 16.0 Å². The van der Waals surface area contributed by atoms with Gasteiger partial charge in [-0.15, -0.1) is 0 Å². The number of esters is 1. The highest BCUT2D eigenvalue weighted by Crippen LogP contribution is 2.24. The maximum atomic E-state index is 11.0. The molecule has 0 unspecified atom stereocenters. The number of carbonyl (C=O) groups excluding carboxylic acids is 1. The molecule has 5 heteroatoms. The van der Waals surface area contributed by atoms with Crippen LogP contribution >= 0.6 is 31.9 Å². The molecule has 0 radical (unpaired) electrons. The first-order valence-corrected chi connectivity index (χ1v) is 5.08. The SMILES string of the molecule is COC(=O)Cc1c(Br)cncc1Br. The molecular weight excluding hydrogens is 302 g/mol. The van der Waals surface area contributed by atoms with E-state index in [2.05, 4.69) is 41.6 Å². The van der Waals surface area contributed by atoms with E-state index in [1.807, 2.05) is 0 Å². The van der Waals surface area contributed by atoms with E-state index in [4.69, 9.17) is 0 Å². The van der Waals surface area contributed by atoms with E-state index in [0.29, 0.717) is 0 Å². The Kier molecular flexibility index (Phi) is 3.87. The van der Waals surface area contributed by atoms with Gasteiger partial charge in [-0.2, -0.15) is 0 Å². The number of methoxy groups -OCH3 is 1. The third kappa shape index (κ3) is 2.77. The first kappa shape index (κ1) is 10.7. The van der Waals surface area contributed by atoms with E-state index < -0.39 is 0 Å². The molecule has 0 aromatic carbocycles. The maximum absolute atomic E-state index is 11.0. The molecular formula is C8H7Br2NO2. The van der Waals surface area contributed by atoms with Crippen molar-refractivity contribution in [1.29, 1.82) is 0 Å². The fourth-order valence-electron chi connectivity index (χ4n) is 0.823. The molecule has 0 aliphatic rings. The maximum Gasteiger partial charge on any atom is 0.310 e. The molecule has 1 aromatic heterocycles. The summed E-state index contributed by atoms with van der Waals surface area (Å²) in [6.45, 7) is 0. The Morgan fingerprint density at radius 3 is 2.46 bits per heavy atom. The van der Waals surface area contributed by atoms with Crippen LogP contribution in [0.5, 0.6) is 0 Å². The van der Waals surface area contributed by atoms with Crippen LogP contribution < -0.4 is 0 Å². The van der Waals surface area contributed by atoms with E-state index in [0.717, 1.165) is 14.5 Å². The molecule has 0 fully saturated rings. The van der Waals surface area contributed by atoms with Crippen LogP contribution in [0, 0.1) is 0 Å². The third-order valence-electron chi connectivity index (χ3n) is 1.50. The van der Waals surface area contributed by atoms with Gasteiger partial charge >= 0.3 is 5.97 Å². The molecule has 0 bridgehead atoms. The minimum absolute atomic E-state index is 0.236. The summed E-state index contributed by atoms with van der Waals surface area (Å²) in [5.41, 5.74) is 0.849. The highest BCUT2D eigenvalue weighted by atomic mass is 79.9. The first-order chi connectivity index (χ1) is 6.15. The zero-order chi connectivity index (χ0) is 9.84. The Labute approximate surface area is 92.8 Å². The van der Waals surface area contributed by atoms with Crippen LogP contribution in [0.2, 0.25) is 0 Å². The molecule has 0 aliphatic carbocycles. The van der Waals surface area contributed by atoms with Gasteiger partial charge in [-0.3, -0.25) is 9.78 Å². The van der Waals surface area contributed by atoms with Gasteiger partial charge in [0.2, 0.25) is 0 Å². The van der Waals surface area contributed by atoms with E-state index in [1.165, 1.54) is 7.11 Å². The Morgan fingerprint density at radius 2 is 2.00 bits per heavy atom. The number of ether oxygens (including phenoxy) is 1. The smallest absolute Gasteiger partial charge is 0.310 e. The van der Waals surface area contributed by atoms with Crippen molar-refractivity contribution in [2.75, 3.05) is 7.11 Å². The molecule has 1 heterocycles. The number of aromatic nitrogens is 1. The monoisotopic (exact) mass is 307 g/mol. The predicted molar refractivity (Wildman–Crippen MR) is 55.4 cm³/mol. The Morgan fingerprint density at radius 1 is 1.46 bits per heavy atom. The second-order valence-electron chi connectivity index (χ2n) is 2.33. The van der Waals surface area contributed by atoms with Crippen LogP contribution in [0.15, 0.2) is 21.3 Å². The van der Waals surface area contributed by atoms with Crippen LogP contribution in [-0.4, -0.2) is 18.1 Å². The average Bonchev–Trinajstić information content (AvgIpc) is 2.11. The number of hydrogen-bond acceptors (Lipinski definition) is 3. The molecule has 13 heavy (non-hydrogen) atoms. The van der Waals surface area contributed by atoms with Gasteiger partial charge in [0.1, 0.15) is 0 Å². The van der Waals surface area contributed by atoms with Crippen molar-refractivity contribution in [2.45, 2.75) is 6.42 Å². The summed E-state index contributed by atoms with van der Waals surface area (Å²) in [5, 5.41) is 0. The highest BCUT2D eigenvalue weighted by molar-refractivity contribution is 9.11. The van der Waals surface area contributed by atoms with Crippen LogP contribution in [0.25, 0.3) is 0 Å². The minimum Gasteiger partial charge on any atom is -0.469 e. The van der Waals surface area contributed by atoms with E-state index in [1.54, 1.807) is 12.4 Å². The Balaban J connectivity index is 2.93. The fourth-order valence-corrected chi connectivity index (χ4v) is 2.03. The second-order valence-corrected chi connectivity index (χ2v) is 4.04. The lowest BCUT2D eigenvalue weighted by molar-refractivity contribution is -0.139. The predicted octanol–water partition coefficient (Wildman–Crippen LogP) is 2.32. The highest BCUT2D eigenvalue weighted by Gasteiger charge is 2.10. The van der Waals surface area contributed by atoms with Crippen molar-refractivity contribution in [3.8, 4) is 0 Å². The number of pyridine rings is 1. The molecule has 1 aromatic rings. The summed E-state index contributed by atoms with van der Waals surface area (Å²) in [7, 11) is 1.37. The number of carbonyl (C=O) groups is 1. The number of rotatable bonds is 2. The molecule has 0 saturated carbocycles. The lowest BCUT2D eigenvalue weighted by Gasteiger charge is -2.04. The van der Waals surface area contributed by atoms with Crippen molar-refractivity contribution in [3.05, 3.63) is 26.9 Å². The molecule has 1 rings (SSSR count). The molecule has 0 N–H and O–H groups in total. The Hall–Kier alpha value is -0.420. The van der Waals surface area contributed by atoms with E-state index >= 15 is 0 Å². The molecule has 0 aliphatic heterocycles. The standard InChI is InChI=1S/C8H7Br2NO2/c1-13-8(12)2-5-6(9)3-11-4-7(5)10/h3-4H,2H2,1H3. The zero-order valence-electron chi connectivity index (χ0n) is 6.88. The topological polar surface area (TPSA) is 39.2 Å². The quantitative estimate of drug-likeness (QED) is 0.787. The van der Waals surface area contributed by atoms with Crippen molar-refractivity contribution in [2.24, 2.45) is 0 Å².